The van der Waals surface area contributed by atoms with Gasteiger partial charge in [-0.25, -0.2) is 0 Å². The average molecular weight is 225 g/mol. The molecule has 0 saturated carbocycles. The van der Waals surface area contributed by atoms with E-state index in [1.807, 2.05) is 55.5 Å². The summed E-state index contributed by atoms with van der Waals surface area (Å²) in [6.07, 6.45) is 0. The van der Waals surface area contributed by atoms with Crippen LogP contribution in [0.5, 0.6) is 0 Å². The molecule has 0 aromatic heterocycles. The fourth-order valence-electron chi connectivity index (χ4n) is 1.85. The van der Waals surface area contributed by atoms with Crippen molar-refractivity contribution < 1.29 is 4.79 Å². The van der Waals surface area contributed by atoms with Crippen molar-refractivity contribution >= 4 is 5.91 Å². The lowest BCUT2D eigenvalue weighted by Crippen LogP contribution is -2.18. The molecular weight excluding hydrogens is 210 g/mol. The van der Waals surface area contributed by atoms with Gasteiger partial charge in [-0.05, 0) is 24.1 Å². The molecular formula is C15H15NO. The molecule has 17 heavy (non-hydrogen) atoms. The first-order chi connectivity index (χ1) is 8.22. The Morgan fingerprint density at radius 1 is 1.06 bits per heavy atom. The molecule has 2 nitrogen and oxygen atoms in total. The maximum absolute atomic E-state index is 11.8. The van der Waals surface area contributed by atoms with Crippen molar-refractivity contribution in [3.8, 4) is 11.1 Å². The number of hydrogen-bond acceptors (Lipinski definition) is 1. The topological polar surface area (TPSA) is 29.1 Å². The monoisotopic (exact) mass is 225 g/mol. The minimum atomic E-state index is -0.0520. The third kappa shape index (κ3) is 2.36. The summed E-state index contributed by atoms with van der Waals surface area (Å²) in [6.45, 7) is 2.03. The van der Waals surface area contributed by atoms with Crippen LogP contribution >= 0.6 is 0 Å². The Morgan fingerprint density at radius 3 is 2.41 bits per heavy atom. The van der Waals surface area contributed by atoms with Crippen LogP contribution in [0.15, 0.2) is 48.5 Å². The minimum Gasteiger partial charge on any atom is -0.355 e. The van der Waals surface area contributed by atoms with Gasteiger partial charge in [0.15, 0.2) is 0 Å². The van der Waals surface area contributed by atoms with E-state index in [1.165, 1.54) is 0 Å². The van der Waals surface area contributed by atoms with Gasteiger partial charge in [-0.2, -0.15) is 0 Å². The van der Waals surface area contributed by atoms with Gasteiger partial charge in [-0.1, -0.05) is 48.0 Å². The SMILES string of the molecule is CNC(=O)c1ccc(C)cc1-c1ccccc1. The molecule has 2 aromatic carbocycles. The second-order valence-corrected chi connectivity index (χ2v) is 3.99. The first kappa shape index (κ1) is 11.4. The Hall–Kier alpha value is -2.09. The largest absolute Gasteiger partial charge is 0.355 e. The molecule has 0 atom stereocenters. The van der Waals surface area contributed by atoms with Crippen molar-refractivity contribution in [2.24, 2.45) is 0 Å². The van der Waals surface area contributed by atoms with Crippen LogP contribution < -0.4 is 5.32 Å². The van der Waals surface area contributed by atoms with E-state index in [1.54, 1.807) is 7.05 Å². The van der Waals surface area contributed by atoms with Crippen LogP contribution in [0.1, 0.15) is 15.9 Å². The van der Waals surface area contributed by atoms with E-state index >= 15 is 0 Å². The Balaban J connectivity index is 2.59. The number of carbonyl (C=O) groups is 1. The maximum atomic E-state index is 11.8. The number of amides is 1. The molecule has 0 heterocycles. The molecule has 2 heteroatoms. The standard InChI is InChI=1S/C15H15NO/c1-11-8-9-13(15(17)16-2)14(10-11)12-6-4-3-5-7-12/h3-10H,1-2H3,(H,16,17). The number of aryl methyl sites for hydroxylation is 1. The Labute approximate surface area is 101 Å². The normalized spacial score (nSPS) is 10.0. The summed E-state index contributed by atoms with van der Waals surface area (Å²) in [5, 5.41) is 2.67. The van der Waals surface area contributed by atoms with Crippen molar-refractivity contribution in [1.82, 2.24) is 5.32 Å². The summed E-state index contributed by atoms with van der Waals surface area (Å²) in [6, 6.07) is 15.8. The zero-order valence-electron chi connectivity index (χ0n) is 10.0. The molecule has 0 aliphatic rings. The summed E-state index contributed by atoms with van der Waals surface area (Å²) in [5.41, 5.74) is 3.90. The molecule has 0 spiro atoms. The van der Waals surface area contributed by atoms with Crippen LogP contribution in [0.2, 0.25) is 0 Å². The van der Waals surface area contributed by atoms with Gasteiger partial charge in [0.05, 0.1) is 0 Å². The number of hydrogen-bond donors (Lipinski definition) is 1. The highest BCUT2D eigenvalue weighted by atomic mass is 16.1. The van der Waals surface area contributed by atoms with E-state index in [9.17, 15) is 4.79 Å². The third-order valence-electron chi connectivity index (χ3n) is 2.73. The van der Waals surface area contributed by atoms with Crippen molar-refractivity contribution in [2.45, 2.75) is 6.92 Å². The molecule has 0 unspecified atom stereocenters. The van der Waals surface area contributed by atoms with Crippen molar-refractivity contribution in [1.29, 1.82) is 0 Å². The minimum absolute atomic E-state index is 0.0520. The van der Waals surface area contributed by atoms with E-state index in [2.05, 4.69) is 5.32 Å². The highest BCUT2D eigenvalue weighted by Gasteiger charge is 2.11. The summed E-state index contributed by atoms with van der Waals surface area (Å²) in [7, 11) is 1.65. The summed E-state index contributed by atoms with van der Waals surface area (Å²) < 4.78 is 0. The van der Waals surface area contributed by atoms with Crippen molar-refractivity contribution in [3.63, 3.8) is 0 Å². The first-order valence-corrected chi connectivity index (χ1v) is 5.60. The van der Waals surface area contributed by atoms with Crippen LogP contribution in [0, 0.1) is 6.92 Å². The van der Waals surface area contributed by atoms with Crippen molar-refractivity contribution in [3.05, 3.63) is 59.7 Å². The van der Waals surface area contributed by atoms with Gasteiger partial charge in [0, 0.05) is 12.6 Å². The van der Waals surface area contributed by atoms with Crippen LogP contribution in [0.25, 0.3) is 11.1 Å². The van der Waals surface area contributed by atoms with Gasteiger partial charge >= 0.3 is 0 Å². The molecule has 0 aliphatic carbocycles. The highest BCUT2D eigenvalue weighted by Crippen LogP contribution is 2.24. The number of rotatable bonds is 2. The van der Waals surface area contributed by atoms with Gasteiger partial charge in [-0.3, -0.25) is 4.79 Å². The fourth-order valence-corrected chi connectivity index (χ4v) is 1.85. The molecule has 0 fully saturated rings. The van der Waals surface area contributed by atoms with E-state index in [4.69, 9.17) is 0 Å². The smallest absolute Gasteiger partial charge is 0.251 e. The van der Waals surface area contributed by atoms with E-state index in [0.717, 1.165) is 16.7 Å². The quantitative estimate of drug-likeness (QED) is 0.836. The zero-order chi connectivity index (χ0) is 12.3. The fraction of sp³-hybridized carbons (Fsp3) is 0.133. The average Bonchev–Trinajstić information content (AvgIpc) is 2.39. The van der Waals surface area contributed by atoms with Gasteiger partial charge in [-0.15, -0.1) is 0 Å². The molecule has 1 amide bonds. The lowest BCUT2D eigenvalue weighted by molar-refractivity contribution is 0.0964. The molecule has 0 saturated heterocycles. The van der Waals surface area contributed by atoms with E-state index in [0.29, 0.717) is 5.56 Å². The predicted molar refractivity (Wildman–Crippen MR) is 70.0 cm³/mol. The predicted octanol–water partition coefficient (Wildman–Crippen LogP) is 3.02. The zero-order valence-corrected chi connectivity index (χ0v) is 10.0. The molecule has 2 rings (SSSR count). The maximum Gasteiger partial charge on any atom is 0.251 e. The molecule has 2 aromatic rings. The lowest BCUT2D eigenvalue weighted by atomic mass is 9.97. The Morgan fingerprint density at radius 2 is 1.76 bits per heavy atom. The van der Waals surface area contributed by atoms with Crippen molar-refractivity contribution in [2.75, 3.05) is 7.05 Å². The van der Waals surface area contributed by atoms with Gasteiger partial charge < -0.3 is 5.32 Å². The van der Waals surface area contributed by atoms with Gasteiger partial charge in [0.1, 0.15) is 0 Å². The highest BCUT2D eigenvalue weighted by molar-refractivity contribution is 6.00. The summed E-state index contributed by atoms with van der Waals surface area (Å²) >= 11 is 0. The second kappa shape index (κ2) is 4.83. The summed E-state index contributed by atoms with van der Waals surface area (Å²) in [4.78, 5) is 11.8. The van der Waals surface area contributed by atoms with Gasteiger partial charge in [0.25, 0.3) is 5.91 Å². The molecule has 0 bridgehead atoms. The second-order valence-electron chi connectivity index (χ2n) is 3.99. The molecule has 86 valence electrons. The number of benzene rings is 2. The Kier molecular flexibility index (Phi) is 3.24. The molecule has 1 N–H and O–H groups in total. The van der Waals surface area contributed by atoms with Crippen LogP contribution in [0.3, 0.4) is 0 Å². The van der Waals surface area contributed by atoms with Crippen LogP contribution in [-0.2, 0) is 0 Å². The lowest BCUT2D eigenvalue weighted by Gasteiger charge is -2.09. The number of carbonyl (C=O) groups excluding carboxylic acids is 1. The Bertz CT molecular complexity index is 532. The third-order valence-corrected chi connectivity index (χ3v) is 2.73. The van der Waals surface area contributed by atoms with E-state index < -0.39 is 0 Å². The van der Waals surface area contributed by atoms with Gasteiger partial charge in [0.2, 0.25) is 0 Å². The summed E-state index contributed by atoms with van der Waals surface area (Å²) in [5.74, 6) is -0.0520. The molecule has 0 aliphatic heterocycles. The van der Waals surface area contributed by atoms with Crippen LogP contribution in [0.4, 0.5) is 0 Å². The number of nitrogens with one attached hydrogen (secondary N) is 1. The van der Waals surface area contributed by atoms with Crippen LogP contribution in [-0.4, -0.2) is 13.0 Å². The first-order valence-electron chi connectivity index (χ1n) is 5.60. The molecule has 0 radical (unpaired) electrons. The van der Waals surface area contributed by atoms with E-state index in [-0.39, 0.29) is 5.91 Å².